The van der Waals surface area contributed by atoms with E-state index in [0.29, 0.717) is 10.7 Å². The minimum atomic E-state index is -4.57. The molecule has 0 fully saturated rings. The average molecular weight is 302 g/mol. The number of aryl methyl sites for hydroxylation is 1. The summed E-state index contributed by atoms with van der Waals surface area (Å²) < 4.78 is 40.0. The molecule has 0 atom stereocenters. The van der Waals surface area contributed by atoms with Crippen molar-refractivity contribution >= 4 is 11.9 Å². The summed E-state index contributed by atoms with van der Waals surface area (Å²) in [4.78, 5) is 15.7. The molecule has 1 N–H and O–H groups in total. The maximum atomic E-state index is 12.6. The second-order valence-electron chi connectivity index (χ2n) is 4.63. The average Bonchev–Trinajstić information content (AvgIpc) is 2.94. The van der Waals surface area contributed by atoms with Crippen LogP contribution in [0.5, 0.6) is 0 Å². The van der Waals surface area contributed by atoms with Crippen molar-refractivity contribution in [3.63, 3.8) is 0 Å². The van der Waals surface area contributed by atoms with Crippen LogP contribution in [0.15, 0.2) is 12.4 Å². The van der Waals surface area contributed by atoms with Crippen molar-refractivity contribution in [3.05, 3.63) is 23.8 Å². The highest BCUT2D eigenvalue weighted by atomic mass is 19.4. The van der Waals surface area contributed by atoms with Gasteiger partial charge in [-0.15, -0.1) is 5.10 Å². The Hall–Kier alpha value is -2.39. The molecule has 0 unspecified atom stereocenters. The molecule has 0 saturated heterocycles. The Morgan fingerprint density at radius 2 is 2.00 bits per heavy atom. The smallest absolute Gasteiger partial charge is 0.288 e. The van der Waals surface area contributed by atoms with Crippen LogP contribution < -0.4 is 5.32 Å². The van der Waals surface area contributed by atoms with Crippen molar-refractivity contribution in [2.24, 2.45) is 7.05 Å². The van der Waals surface area contributed by atoms with Crippen LogP contribution in [0.1, 0.15) is 36.1 Å². The predicted octanol–water partition coefficient (Wildman–Crippen LogP) is 1.86. The monoisotopic (exact) mass is 302 g/mol. The van der Waals surface area contributed by atoms with E-state index < -0.39 is 17.8 Å². The summed E-state index contributed by atoms with van der Waals surface area (Å²) >= 11 is 0. The molecule has 0 aromatic carbocycles. The molecule has 10 heteroatoms. The van der Waals surface area contributed by atoms with E-state index in [4.69, 9.17) is 0 Å². The minimum Gasteiger partial charge on any atom is -0.288 e. The fourth-order valence-electron chi connectivity index (χ4n) is 1.59. The van der Waals surface area contributed by atoms with Gasteiger partial charge in [-0.2, -0.15) is 18.3 Å². The number of hydrogen-bond acceptors (Lipinski definition) is 4. The summed E-state index contributed by atoms with van der Waals surface area (Å²) in [5.74, 6) is -0.796. The van der Waals surface area contributed by atoms with Gasteiger partial charge >= 0.3 is 6.18 Å². The number of aromatic nitrogens is 5. The Bertz CT molecular complexity index is 657. The van der Waals surface area contributed by atoms with E-state index in [1.807, 2.05) is 13.8 Å². The first kappa shape index (κ1) is 15.0. The number of nitrogens with one attached hydrogen (secondary N) is 1. The van der Waals surface area contributed by atoms with E-state index in [0.717, 1.165) is 7.05 Å². The van der Waals surface area contributed by atoms with Crippen LogP contribution in [0.4, 0.5) is 19.1 Å². The van der Waals surface area contributed by atoms with Crippen molar-refractivity contribution < 1.29 is 18.0 Å². The Balaban J connectivity index is 2.17. The first-order valence-electron chi connectivity index (χ1n) is 6.02. The van der Waals surface area contributed by atoms with Gasteiger partial charge in [-0.1, -0.05) is 0 Å². The molecule has 2 aromatic rings. The highest BCUT2D eigenvalue weighted by molar-refractivity contribution is 6.01. The molecule has 0 aliphatic heterocycles. The molecule has 0 aliphatic rings. The molecule has 0 radical (unpaired) electrons. The second kappa shape index (κ2) is 5.19. The van der Waals surface area contributed by atoms with Crippen LogP contribution in [0, 0.1) is 0 Å². The van der Waals surface area contributed by atoms with Gasteiger partial charge in [0.25, 0.3) is 5.91 Å². The van der Waals surface area contributed by atoms with E-state index in [-0.39, 0.29) is 17.7 Å². The maximum Gasteiger partial charge on any atom is 0.433 e. The van der Waals surface area contributed by atoms with E-state index in [1.165, 1.54) is 11.0 Å². The molecule has 7 nitrogen and oxygen atoms in total. The molecule has 2 aromatic heterocycles. The number of anilines is 1. The van der Waals surface area contributed by atoms with Crippen LogP contribution in [-0.4, -0.2) is 30.5 Å². The van der Waals surface area contributed by atoms with E-state index in [2.05, 4.69) is 20.5 Å². The summed E-state index contributed by atoms with van der Waals surface area (Å²) in [6.45, 7) is 3.74. The van der Waals surface area contributed by atoms with Crippen molar-refractivity contribution in [2.45, 2.75) is 26.1 Å². The molecule has 2 heterocycles. The van der Waals surface area contributed by atoms with E-state index in [9.17, 15) is 18.0 Å². The number of amides is 1. The zero-order chi connectivity index (χ0) is 15.8. The number of carbonyl (C=O) groups excluding carboxylic acids is 1. The van der Waals surface area contributed by atoms with Gasteiger partial charge in [0.05, 0.1) is 0 Å². The summed E-state index contributed by atoms with van der Waals surface area (Å²) in [7, 11) is 1.12. The molecule has 2 rings (SSSR count). The van der Waals surface area contributed by atoms with Gasteiger partial charge in [0.1, 0.15) is 12.0 Å². The topological polar surface area (TPSA) is 77.6 Å². The summed E-state index contributed by atoms with van der Waals surface area (Å²) in [6, 6.07) is 0.726. The zero-order valence-electron chi connectivity index (χ0n) is 11.5. The molecule has 0 bridgehead atoms. The van der Waals surface area contributed by atoms with Crippen LogP contribution in [0.3, 0.4) is 0 Å². The summed E-state index contributed by atoms with van der Waals surface area (Å²) in [5, 5.41) is 9.81. The number of hydrogen-bond donors (Lipinski definition) is 1. The third-order valence-corrected chi connectivity index (χ3v) is 2.67. The first-order chi connectivity index (χ1) is 9.68. The number of carbonyl (C=O) groups is 1. The molecule has 0 spiro atoms. The first-order valence-corrected chi connectivity index (χ1v) is 6.02. The molecule has 1 amide bonds. The van der Waals surface area contributed by atoms with Crippen molar-refractivity contribution in [1.29, 1.82) is 0 Å². The standard InChI is InChI=1S/C11H13F3N6O/c1-6(2)20-5-15-10(18-20)16-9(21)7-4-8(11(12,13)14)19(3)17-7/h4-6H,1-3H3,(H,16,18,21). The normalized spacial score (nSPS) is 12.0. The Labute approximate surface area is 117 Å². The van der Waals surface area contributed by atoms with E-state index >= 15 is 0 Å². The van der Waals surface area contributed by atoms with Gasteiger partial charge in [0.2, 0.25) is 5.95 Å². The molecule has 0 aliphatic carbocycles. The fourth-order valence-corrected chi connectivity index (χ4v) is 1.59. The van der Waals surface area contributed by atoms with Crippen molar-refractivity contribution in [3.8, 4) is 0 Å². The number of halogens is 3. The largest absolute Gasteiger partial charge is 0.433 e. The molecule has 114 valence electrons. The Morgan fingerprint density at radius 1 is 1.33 bits per heavy atom. The van der Waals surface area contributed by atoms with Gasteiger partial charge in [-0.05, 0) is 13.8 Å². The fraction of sp³-hybridized carbons (Fsp3) is 0.455. The lowest BCUT2D eigenvalue weighted by Gasteiger charge is -2.04. The lowest BCUT2D eigenvalue weighted by atomic mass is 10.3. The summed E-state index contributed by atoms with van der Waals surface area (Å²) in [5.41, 5.74) is -1.36. The molecule has 21 heavy (non-hydrogen) atoms. The third-order valence-electron chi connectivity index (χ3n) is 2.67. The van der Waals surface area contributed by atoms with Crippen LogP contribution >= 0.6 is 0 Å². The molecular formula is C11H13F3N6O. The van der Waals surface area contributed by atoms with Gasteiger partial charge in [-0.3, -0.25) is 14.8 Å². The highest BCUT2D eigenvalue weighted by Crippen LogP contribution is 2.29. The summed E-state index contributed by atoms with van der Waals surface area (Å²) in [6.07, 6.45) is -3.16. The lowest BCUT2D eigenvalue weighted by molar-refractivity contribution is -0.143. The van der Waals surface area contributed by atoms with Gasteiger partial charge in [0, 0.05) is 19.2 Å². The molecule has 0 saturated carbocycles. The van der Waals surface area contributed by atoms with Crippen LogP contribution in [-0.2, 0) is 13.2 Å². The van der Waals surface area contributed by atoms with E-state index in [1.54, 1.807) is 0 Å². The van der Waals surface area contributed by atoms with Crippen molar-refractivity contribution in [2.75, 3.05) is 5.32 Å². The zero-order valence-corrected chi connectivity index (χ0v) is 11.5. The SMILES string of the molecule is CC(C)n1cnc(NC(=O)c2cc(C(F)(F)F)n(C)n2)n1. The molecular weight excluding hydrogens is 289 g/mol. The number of rotatable bonds is 3. The Kier molecular flexibility index (Phi) is 3.71. The van der Waals surface area contributed by atoms with Gasteiger partial charge in [-0.25, -0.2) is 9.67 Å². The van der Waals surface area contributed by atoms with Crippen LogP contribution in [0.2, 0.25) is 0 Å². The number of alkyl halides is 3. The maximum absolute atomic E-state index is 12.6. The second-order valence-corrected chi connectivity index (χ2v) is 4.63. The predicted molar refractivity (Wildman–Crippen MR) is 66.6 cm³/mol. The highest BCUT2D eigenvalue weighted by Gasteiger charge is 2.35. The number of nitrogens with zero attached hydrogens (tertiary/aromatic N) is 5. The quantitative estimate of drug-likeness (QED) is 0.939. The third kappa shape index (κ3) is 3.20. The van der Waals surface area contributed by atoms with Crippen molar-refractivity contribution in [1.82, 2.24) is 24.5 Å². The Morgan fingerprint density at radius 3 is 2.48 bits per heavy atom. The minimum absolute atomic E-state index is 0.00733. The lowest BCUT2D eigenvalue weighted by Crippen LogP contribution is -2.14. The van der Waals surface area contributed by atoms with Crippen LogP contribution in [0.25, 0.3) is 0 Å². The van der Waals surface area contributed by atoms with Gasteiger partial charge in [0.15, 0.2) is 5.69 Å². The van der Waals surface area contributed by atoms with Gasteiger partial charge < -0.3 is 0 Å².